The standard InChI is InChI=1S/C15H23N5O4/c1-15(24)4-5-19(6-7-21)8-10(15)20-9-16-12-11(20)13(22)18(3)14(23)17(12)2/h9-10,21,24H,4-8H2,1-3H3/t10-,15-/m0/s1. The minimum absolute atomic E-state index is 0.0375. The van der Waals surface area contributed by atoms with E-state index in [2.05, 4.69) is 4.98 Å². The van der Waals surface area contributed by atoms with Gasteiger partial charge in [0, 0.05) is 33.7 Å². The van der Waals surface area contributed by atoms with E-state index in [-0.39, 0.29) is 6.61 Å². The van der Waals surface area contributed by atoms with Crippen LogP contribution in [-0.2, 0) is 14.1 Å². The lowest BCUT2D eigenvalue weighted by Gasteiger charge is -2.43. The quantitative estimate of drug-likeness (QED) is 0.701. The molecular weight excluding hydrogens is 314 g/mol. The second-order valence-electron chi connectivity index (χ2n) is 6.68. The van der Waals surface area contributed by atoms with Crippen LogP contribution in [0.5, 0.6) is 0 Å². The molecule has 132 valence electrons. The van der Waals surface area contributed by atoms with Gasteiger partial charge in [-0.15, -0.1) is 0 Å². The number of nitrogens with zero attached hydrogens (tertiary/aromatic N) is 5. The van der Waals surface area contributed by atoms with Gasteiger partial charge >= 0.3 is 5.69 Å². The van der Waals surface area contributed by atoms with E-state index in [1.165, 1.54) is 17.9 Å². The number of fused-ring (bicyclic) bond motifs is 1. The minimum Gasteiger partial charge on any atom is -0.395 e. The number of piperidine rings is 1. The lowest BCUT2D eigenvalue weighted by molar-refractivity contribution is -0.0518. The van der Waals surface area contributed by atoms with Crippen molar-refractivity contribution in [1.82, 2.24) is 23.6 Å². The average molecular weight is 337 g/mol. The van der Waals surface area contributed by atoms with Gasteiger partial charge in [-0.1, -0.05) is 0 Å². The predicted molar refractivity (Wildman–Crippen MR) is 88.0 cm³/mol. The van der Waals surface area contributed by atoms with Crippen LogP contribution in [0.25, 0.3) is 11.2 Å². The molecule has 9 heteroatoms. The highest BCUT2D eigenvalue weighted by molar-refractivity contribution is 5.70. The van der Waals surface area contributed by atoms with E-state index in [1.807, 2.05) is 4.90 Å². The first kappa shape index (κ1) is 16.9. The van der Waals surface area contributed by atoms with E-state index in [9.17, 15) is 14.7 Å². The predicted octanol–water partition coefficient (Wildman–Crippen LogP) is -1.58. The SMILES string of the molecule is Cn1c(=O)c2c(ncn2[C@H]2CN(CCO)CC[C@]2(C)O)n(C)c1=O. The zero-order valence-electron chi connectivity index (χ0n) is 14.1. The molecule has 1 aliphatic rings. The third kappa shape index (κ3) is 2.48. The molecule has 0 amide bonds. The summed E-state index contributed by atoms with van der Waals surface area (Å²) < 4.78 is 4.04. The summed E-state index contributed by atoms with van der Waals surface area (Å²) in [6, 6.07) is -0.395. The van der Waals surface area contributed by atoms with Crippen molar-refractivity contribution in [2.45, 2.75) is 25.0 Å². The molecule has 2 N–H and O–H groups in total. The van der Waals surface area contributed by atoms with Crippen LogP contribution in [0.4, 0.5) is 0 Å². The van der Waals surface area contributed by atoms with Crippen molar-refractivity contribution in [3.63, 3.8) is 0 Å². The number of hydrogen-bond donors (Lipinski definition) is 2. The average Bonchev–Trinajstić information content (AvgIpc) is 2.97. The Balaban J connectivity index is 2.18. The number of aryl methyl sites for hydroxylation is 1. The number of hydrogen-bond acceptors (Lipinski definition) is 6. The molecule has 1 aliphatic heterocycles. The van der Waals surface area contributed by atoms with Gasteiger partial charge in [-0.2, -0.15) is 0 Å². The Morgan fingerprint density at radius 1 is 1.33 bits per heavy atom. The molecule has 1 fully saturated rings. The number of aliphatic hydroxyl groups excluding tert-OH is 1. The van der Waals surface area contributed by atoms with E-state index in [4.69, 9.17) is 5.11 Å². The van der Waals surface area contributed by atoms with Gasteiger partial charge in [-0.05, 0) is 13.3 Å². The summed E-state index contributed by atoms with van der Waals surface area (Å²) in [5.74, 6) is 0. The van der Waals surface area contributed by atoms with Gasteiger partial charge in [0.1, 0.15) is 0 Å². The summed E-state index contributed by atoms with van der Waals surface area (Å²) >= 11 is 0. The van der Waals surface area contributed by atoms with Crippen molar-refractivity contribution in [3.05, 3.63) is 27.2 Å². The molecule has 0 aromatic carbocycles. The van der Waals surface area contributed by atoms with Gasteiger partial charge < -0.3 is 14.8 Å². The second kappa shape index (κ2) is 5.83. The molecule has 0 bridgehead atoms. The highest BCUT2D eigenvalue weighted by atomic mass is 16.3. The van der Waals surface area contributed by atoms with E-state index < -0.39 is 22.9 Å². The maximum atomic E-state index is 12.6. The maximum absolute atomic E-state index is 12.6. The summed E-state index contributed by atoms with van der Waals surface area (Å²) in [7, 11) is 3.00. The van der Waals surface area contributed by atoms with Gasteiger partial charge in [0.15, 0.2) is 11.2 Å². The lowest BCUT2D eigenvalue weighted by atomic mass is 9.88. The topological polar surface area (TPSA) is 106 Å². The monoisotopic (exact) mass is 337 g/mol. The van der Waals surface area contributed by atoms with Crippen LogP contribution in [0.1, 0.15) is 19.4 Å². The molecule has 1 saturated heterocycles. The number of likely N-dealkylation sites (tertiary alicyclic amines) is 1. The van der Waals surface area contributed by atoms with Crippen LogP contribution >= 0.6 is 0 Å². The van der Waals surface area contributed by atoms with Gasteiger partial charge in [-0.3, -0.25) is 18.8 Å². The Kier molecular flexibility index (Phi) is 4.10. The van der Waals surface area contributed by atoms with Crippen LogP contribution in [0.2, 0.25) is 0 Å². The molecule has 0 spiro atoms. The number of imidazole rings is 1. The Morgan fingerprint density at radius 2 is 2.04 bits per heavy atom. The third-order valence-electron chi connectivity index (χ3n) is 5.01. The first-order valence-corrected chi connectivity index (χ1v) is 7.96. The van der Waals surface area contributed by atoms with Crippen LogP contribution in [0, 0.1) is 0 Å². The number of aliphatic hydroxyl groups is 2. The van der Waals surface area contributed by atoms with Crippen LogP contribution < -0.4 is 11.2 Å². The van der Waals surface area contributed by atoms with Crippen molar-refractivity contribution in [3.8, 4) is 0 Å². The van der Waals surface area contributed by atoms with Crippen molar-refractivity contribution >= 4 is 11.2 Å². The molecule has 2 aromatic rings. The van der Waals surface area contributed by atoms with E-state index in [0.29, 0.717) is 37.2 Å². The van der Waals surface area contributed by atoms with Crippen molar-refractivity contribution in [2.75, 3.05) is 26.2 Å². The van der Waals surface area contributed by atoms with Crippen molar-refractivity contribution < 1.29 is 10.2 Å². The van der Waals surface area contributed by atoms with Gasteiger partial charge in [0.2, 0.25) is 0 Å². The third-order valence-corrected chi connectivity index (χ3v) is 5.01. The Labute approximate surface area is 138 Å². The van der Waals surface area contributed by atoms with Gasteiger partial charge in [0.25, 0.3) is 5.56 Å². The molecule has 24 heavy (non-hydrogen) atoms. The number of aromatic nitrogens is 4. The van der Waals surface area contributed by atoms with E-state index in [1.54, 1.807) is 18.5 Å². The zero-order valence-corrected chi connectivity index (χ0v) is 14.1. The summed E-state index contributed by atoms with van der Waals surface area (Å²) in [5.41, 5.74) is -1.27. The molecule has 2 aromatic heterocycles. The van der Waals surface area contributed by atoms with Gasteiger partial charge in [-0.25, -0.2) is 9.78 Å². The first-order chi connectivity index (χ1) is 11.3. The molecule has 0 aliphatic carbocycles. The summed E-state index contributed by atoms with van der Waals surface area (Å²) in [4.78, 5) is 30.9. The normalized spacial score (nSPS) is 25.5. The molecular formula is C15H23N5O4. The molecule has 3 rings (SSSR count). The molecule has 9 nitrogen and oxygen atoms in total. The summed E-state index contributed by atoms with van der Waals surface area (Å²) in [5, 5.41) is 20.0. The number of β-amino-alcohol motifs (C(OH)–C–C–N with tert-alkyl or cyclic N) is 1. The smallest absolute Gasteiger partial charge is 0.332 e. The zero-order chi connectivity index (χ0) is 17.6. The fourth-order valence-corrected chi connectivity index (χ4v) is 3.42. The largest absolute Gasteiger partial charge is 0.395 e. The number of rotatable bonds is 3. The fourth-order valence-electron chi connectivity index (χ4n) is 3.42. The molecule has 0 unspecified atom stereocenters. The second-order valence-corrected chi connectivity index (χ2v) is 6.68. The van der Waals surface area contributed by atoms with E-state index in [0.717, 1.165) is 4.57 Å². The Morgan fingerprint density at radius 3 is 2.71 bits per heavy atom. The highest BCUT2D eigenvalue weighted by Gasteiger charge is 2.39. The van der Waals surface area contributed by atoms with Crippen molar-refractivity contribution in [1.29, 1.82) is 0 Å². The van der Waals surface area contributed by atoms with Crippen LogP contribution in [-0.4, -0.2) is 65.6 Å². The van der Waals surface area contributed by atoms with Crippen LogP contribution in [0.15, 0.2) is 15.9 Å². The molecule has 3 heterocycles. The molecule has 0 saturated carbocycles. The molecule has 2 atom stereocenters. The van der Waals surface area contributed by atoms with Gasteiger partial charge in [0.05, 0.1) is 24.6 Å². The summed E-state index contributed by atoms with van der Waals surface area (Å²) in [6.45, 7) is 3.45. The maximum Gasteiger partial charge on any atom is 0.332 e. The fraction of sp³-hybridized carbons (Fsp3) is 0.667. The Hall–Kier alpha value is -1.97. The highest BCUT2D eigenvalue weighted by Crippen LogP contribution is 2.32. The Bertz CT molecular complexity index is 878. The van der Waals surface area contributed by atoms with Crippen LogP contribution in [0.3, 0.4) is 0 Å². The summed E-state index contributed by atoms with van der Waals surface area (Å²) in [6.07, 6.45) is 2.02. The lowest BCUT2D eigenvalue weighted by Crippen LogP contribution is -2.51. The minimum atomic E-state index is -1.01. The van der Waals surface area contributed by atoms with Crippen molar-refractivity contribution in [2.24, 2.45) is 14.1 Å². The first-order valence-electron chi connectivity index (χ1n) is 7.96. The van der Waals surface area contributed by atoms with E-state index >= 15 is 0 Å². The molecule has 0 radical (unpaired) electrons.